The topological polar surface area (TPSA) is 75.4 Å². The van der Waals surface area contributed by atoms with E-state index in [0.29, 0.717) is 18.4 Å². The van der Waals surface area contributed by atoms with Crippen LogP contribution < -0.4 is 5.32 Å². The van der Waals surface area contributed by atoms with Crippen molar-refractivity contribution in [2.75, 3.05) is 6.54 Å². The molecule has 2 rings (SSSR count). The number of oxazole rings is 1. The zero-order valence-electron chi connectivity index (χ0n) is 8.40. The molecule has 1 atom stereocenters. The number of nitrogens with one attached hydrogen (secondary N) is 1. The second-order valence-corrected chi connectivity index (χ2v) is 3.77. The maximum absolute atomic E-state index is 10.6. The normalized spacial score (nSPS) is 21.5. The van der Waals surface area contributed by atoms with Crippen LogP contribution in [0.3, 0.4) is 0 Å². The van der Waals surface area contributed by atoms with Crippen LogP contribution in [0.4, 0.5) is 0 Å². The summed E-state index contributed by atoms with van der Waals surface area (Å²) in [5.74, 6) is -0.641. The van der Waals surface area contributed by atoms with Gasteiger partial charge in [0, 0.05) is 12.5 Å². The van der Waals surface area contributed by atoms with Gasteiger partial charge in [-0.2, -0.15) is 0 Å². The summed E-state index contributed by atoms with van der Waals surface area (Å²) >= 11 is 0. The van der Waals surface area contributed by atoms with Gasteiger partial charge in [-0.25, -0.2) is 9.78 Å². The Labute approximate surface area is 87.5 Å². The third-order valence-electron chi connectivity index (χ3n) is 2.60. The minimum absolute atomic E-state index is 0.0826. The molecule has 0 aromatic carbocycles. The molecule has 82 valence electrons. The molecule has 15 heavy (non-hydrogen) atoms. The number of piperidine rings is 1. The Hall–Kier alpha value is -1.36. The SMILES string of the molecule is O=C(O)c1cnc(CC2CCCCN2)o1. The molecule has 0 saturated carbocycles. The molecule has 1 aromatic rings. The van der Waals surface area contributed by atoms with E-state index in [1.165, 1.54) is 19.0 Å². The molecule has 1 unspecified atom stereocenters. The van der Waals surface area contributed by atoms with Gasteiger partial charge in [-0.1, -0.05) is 6.42 Å². The lowest BCUT2D eigenvalue weighted by Crippen LogP contribution is -2.35. The number of aromatic nitrogens is 1. The van der Waals surface area contributed by atoms with Gasteiger partial charge in [0.25, 0.3) is 0 Å². The van der Waals surface area contributed by atoms with Gasteiger partial charge >= 0.3 is 5.97 Å². The van der Waals surface area contributed by atoms with Crippen molar-refractivity contribution in [2.45, 2.75) is 31.7 Å². The highest BCUT2D eigenvalue weighted by Crippen LogP contribution is 2.13. The highest BCUT2D eigenvalue weighted by Gasteiger charge is 2.17. The first-order valence-electron chi connectivity index (χ1n) is 5.17. The minimum atomic E-state index is -1.06. The zero-order chi connectivity index (χ0) is 10.7. The molecule has 2 heterocycles. The van der Waals surface area contributed by atoms with E-state index >= 15 is 0 Å². The number of rotatable bonds is 3. The van der Waals surface area contributed by atoms with Crippen LogP contribution in [0.25, 0.3) is 0 Å². The van der Waals surface area contributed by atoms with Crippen LogP contribution in [0.2, 0.25) is 0 Å². The molecule has 1 aliphatic heterocycles. The van der Waals surface area contributed by atoms with Gasteiger partial charge in [0.1, 0.15) is 0 Å². The lowest BCUT2D eigenvalue weighted by molar-refractivity contribution is 0.0660. The Morgan fingerprint density at radius 3 is 3.13 bits per heavy atom. The molecule has 2 N–H and O–H groups in total. The van der Waals surface area contributed by atoms with Crippen molar-refractivity contribution in [1.29, 1.82) is 0 Å². The maximum Gasteiger partial charge on any atom is 0.373 e. The van der Waals surface area contributed by atoms with Gasteiger partial charge in [0.2, 0.25) is 5.76 Å². The average Bonchev–Trinajstić information content (AvgIpc) is 2.68. The summed E-state index contributed by atoms with van der Waals surface area (Å²) in [4.78, 5) is 14.5. The molecule has 0 aliphatic carbocycles. The maximum atomic E-state index is 10.6. The number of carbonyl (C=O) groups is 1. The van der Waals surface area contributed by atoms with E-state index in [-0.39, 0.29) is 5.76 Å². The smallest absolute Gasteiger partial charge is 0.373 e. The van der Waals surface area contributed by atoms with E-state index in [1.807, 2.05) is 0 Å². The first-order valence-corrected chi connectivity index (χ1v) is 5.17. The Morgan fingerprint density at radius 2 is 2.53 bits per heavy atom. The van der Waals surface area contributed by atoms with Crippen molar-refractivity contribution in [3.63, 3.8) is 0 Å². The molecule has 5 heteroatoms. The first-order chi connectivity index (χ1) is 7.25. The predicted octanol–water partition coefficient (Wildman–Crippen LogP) is 1.06. The number of hydrogen-bond donors (Lipinski definition) is 2. The van der Waals surface area contributed by atoms with Crippen molar-refractivity contribution in [1.82, 2.24) is 10.3 Å². The fraction of sp³-hybridized carbons (Fsp3) is 0.600. The number of hydrogen-bond acceptors (Lipinski definition) is 4. The first kappa shape index (κ1) is 10.2. The lowest BCUT2D eigenvalue weighted by atomic mass is 10.0. The molecular weight excluding hydrogens is 196 g/mol. The molecule has 1 fully saturated rings. The van der Waals surface area contributed by atoms with Gasteiger partial charge in [0.15, 0.2) is 5.89 Å². The zero-order valence-corrected chi connectivity index (χ0v) is 8.40. The average molecular weight is 210 g/mol. The fourth-order valence-electron chi connectivity index (χ4n) is 1.81. The highest BCUT2D eigenvalue weighted by atomic mass is 16.4. The molecule has 1 aliphatic rings. The van der Waals surface area contributed by atoms with Crippen molar-refractivity contribution in [2.24, 2.45) is 0 Å². The minimum Gasteiger partial charge on any atom is -0.475 e. The van der Waals surface area contributed by atoms with E-state index in [0.717, 1.165) is 13.0 Å². The molecule has 0 bridgehead atoms. The summed E-state index contributed by atoms with van der Waals surface area (Å²) in [6, 6.07) is 0.374. The third kappa shape index (κ3) is 2.56. The van der Waals surface area contributed by atoms with Crippen LogP contribution in [-0.4, -0.2) is 28.6 Å². The largest absolute Gasteiger partial charge is 0.475 e. The molecule has 0 radical (unpaired) electrons. The summed E-state index contributed by atoms with van der Waals surface area (Å²) in [5, 5.41) is 12.0. The molecule has 0 amide bonds. The van der Waals surface area contributed by atoms with Crippen LogP contribution in [0.5, 0.6) is 0 Å². The van der Waals surface area contributed by atoms with Crippen molar-refractivity contribution in [3.05, 3.63) is 17.8 Å². The van der Waals surface area contributed by atoms with Gasteiger partial charge in [0.05, 0.1) is 6.20 Å². The summed E-state index contributed by atoms with van der Waals surface area (Å²) in [7, 11) is 0. The van der Waals surface area contributed by atoms with Crippen LogP contribution in [0, 0.1) is 0 Å². The second kappa shape index (κ2) is 4.44. The van der Waals surface area contributed by atoms with Crippen LogP contribution >= 0.6 is 0 Å². The Kier molecular flexibility index (Phi) is 3.01. The standard InChI is InChI=1S/C10H14N2O3/c13-10(14)8-6-12-9(15-8)5-7-3-1-2-4-11-7/h6-7,11H,1-5H2,(H,13,14). The molecule has 0 spiro atoms. The monoisotopic (exact) mass is 210 g/mol. The van der Waals surface area contributed by atoms with Gasteiger partial charge in [-0.15, -0.1) is 0 Å². The molecule has 1 aromatic heterocycles. The Morgan fingerprint density at radius 1 is 1.67 bits per heavy atom. The van der Waals surface area contributed by atoms with Gasteiger partial charge in [-0.3, -0.25) is 0 Å². The summed E-state index contributed by atoms with van der Waals surface area (Å²) in [6.07, 6.45) is 5.46. The lowest BCUT2D eigenvalue weighted by Gasteiger charge is -2.21. The quantitative estimate of drug-likeness (QED) is 0.780. The van der Waals surface area contributed by atoms with Crippen molar-refractivity contribution >= 4 is 5.97 Å². The second-order valence-electron chi connectivity index (χ2n) is 3.77. The predicted molar refractivity (Wildman–Crippen MR) is 52.8 cm³/mol. The summed E-state index contributed by atoms with van der Waals surface area (Å²) in [5.41, 5.74) is 0. The van der Waals surface area contributed by atoms with E-state index in [2.05, 4.69) is 10.3 Å². The van der Waals surface area contributed by atoms with E-state index in [4.69, 9.17) is 9.52 Å². The van der Waals surface area contributed by atoms with Crippen LogP contribution in [-0.2, 0) is 6.42 Å². The molecular formula is C10H14N2O3. The summed E-state index contributed by atoms with van der Waals surface area (Å²) in [6.45, 7) is 1.02. The van der Waals surface area contributed by atoms with Crippen molar-refractivity contribution < 1.29 is 14.3 Å². The third-order valence-corrected chi connectivity index (χ3v) is 2.60. The van der Waals surface area contributed by atoms with E-state index in [1.54, 1.807) is 0 Å². The highest BCUT2D eigenvalue weighted by molar-refractivity contribution is 5.83. The van der Waals surface area contributed by atoms with E-state index in [9.17, 15) is 4.79 Å². The molecule has 1 saturated heterocycles. The van der Waals surface area contributed by atoms with Gasteiger partial charge < -0.3 is 14.8 Å². The van der Waals surface area contributed by atoms with E-state index < -0.39 is 5.97 Å². The number of carboxylic acids is 1. The Balaban J connectivity index is 1.94. The summed E-state index contributed by atoms with van der Waals surface area (Å²) < 4.78 is 5.10. The molecule has 5 nitrogen and oxygen atoms in total. The van der Waals surface area contributed by atoms with Gasteiger partial charge in [-0.05, 0) is 19.4 Å². The van der Waals surface area contributed by atoms with Crippen LogP contribution in [0.1, 0.15) is 35.7 Å². The Bertz CT molecular complexity index is 342. The van der Waals surface area contributed by atoms with Crippen LogP contribution in [0.15, 0.2) is 10.6 Å². The van der Waals surface area contributed by atoms with Crippen molar-refractivity contribution in [3.8, 4) is 0 Å². The number of nitrogens with zero attached hydrogens (tertiary/aromatic N) is 1. The fourth-order valence-corrected chi connectivity index (χ4v) is 1.81. The number of carboxylic acid groups (broad SMARTS) is 1. The number of aromatic carboxylic acids is 1.